The van der Waals surface area contributed by atoms with Gasteiger partial charge in [-0.1, -0.05) is 12.8 Å². The summed E-state index contributed by atoms with van der Waals surface area (Å²) in [5.41, 5.74) is 0.997. The van der Waals surface area contributed by atoms with Crippen molar-refractivity contribution in [2.24, 2.45) is 0 Å². The molecule has 18 heavy (non-hydrogen) atoms. The zero-order valence-corrected chi connectivity index (χ0v) is 11.8. The Morgan fingerprint density at radius 1 is 1.39 bits per heavy atom. The first-order valence-electron chi connectivity index (χ1n) is 6.46. The van der Waals surface area contributed by atoms with E-state index < -0.39 is 0 Å². The maximum Gasteiger partial charge on any atom is 0.221 e. The van der Waals surface area contributed by atoms with E-state index in [1.54, 1.807) is 13.4 Å². The third kappa shape index (κ3) is 2.69. The minimum Gasteiger partial charge on any atom is -0.481 e. The molecule has 0 unspecified atom stereocenters. The van der Waals surface area contributed by atoms with Crippen molar-refractivity contribution in [1.29, 1.82) is 0 Å². The molecule has 100 valence electrons. The fourth-order valence-electron chi connectivity index (χ4n) is 2.69. The minimum absolute atomic E-state index is 0.557. The van der Waals surface area contributed by atoms with E-state index in [-0.39, 0.29) is 0 Å². The highest BCUT2D eigenvalue weighted by Crippen LogP contribution is 2.31. The van der Waals surface area contributed by atoms with Crippen LogP contribution < -0.4 is 9.64 Å². The molecule has 2 rings (SSSR count). The van der Waals surface area contributed by atoms with E-state index in [9.17, 15) is 0 Å². The van der Waals surface area contributed by atoms with Crippen molar-refractivity contribution < 1.29 is 4.74 Å². The van der Waals surface area contributed by atoms with Crippen LogP contribution in [0.15, 0.2) is 6.33 Å². The van der Waals surface area contributed by atoms with E-state index >= 15 is 0 Å². The molecule has 0 spiro atoms. The number of alkyl halides is 1. The van der Waals surface area contributed by atoms with Crippen LogP contribution >= 0.6 is 11.6 Å². The molecule has 1 aliphatic carbocycles. The lowest BCUT2D eigenvalue weighted by Crippen LogP contribution is -2.36. The van der Waals surface area contributed by atoms with Gasteiger partial charge in [-0.25, -0.2) is 9.97 Å². The van der Waals surface area contributed by atoms with E-state index in [1.807, 2.05) is 6.92 Å². The van der Waals surface area contributed by atoms with Gasteiger partial charge >= 0.3 is 0 Å². The van der Waals surface area contributed by atoms with Crippen molar-refractivity contribution in [2.45, 2.75) is 38.6 Å². The molecule has 1 aromatic heterocycles. The van der Waals surface area contributed by atoms with Gasteiger partial charge in [0.15, 0.2) is 0 Å². The summed E-state index contributed by atoms with van der Waals surface area (Å²) in [5.74, 6) is 2.23. The van der Waals surface area contributed by atoms with Gasteiger partial charge in [0.2, 0.25) is 5.88 Å². The molecule has 0 saturated heterocycles. The number of methoxy groups -OCH3 is 1. The Hall–Kier alpha value is -1.03. The summed E-state index contributed by atoms with van der Waals surface area (Å²) in [6.45, 7) is 2.83. The molecular weight excluding hydrogens is 250 g/mol. The van der Waals surface area contributed by atoms with Crippen molar-refractivity contribution in [3.05, 3.63) is 11.9 Å². The van der Waals surface area contributed by atoms with Crippen LogP contribution in [0.5, 0.6) is 5.88 Å². The van der Waals surface area contributed by atoms with E-state index in [2.05, 4.69) is 14.9 Å². The predicted octanol–water partition coefficient (Wildman–Crippen LogP) is 2.78. The smallest absolute Gasteiger partial charge is 0.221 e. The van der Waals surface area contributed by atoms with Crippen LogP contribution in [0.25, 0.3) is 0 Å². The summed E-state index contributed by atoms with van der Waals surface area (Å²) in [6, 6.07) is 0.557. The Bertz CT molecular complexity index is 394. The van der Waals surface area contributed by atoms with E-state index in [0.717, 1.165) is 17.9 Å². The fraction of sp³-hybridized carbons (Fsp3) is 0.692. The van der Waals surface area contributed by atoms with Crippen LogP contribution in [0.3, 0.4) is 0 Å². The van der Waals surface area contributed by atoms with Crippen LogP contribution in [0.1, 0.15) is 31.2 Å². The summed E-state index contributed by atoms with van der Waals surface area (Å²) in [4.78, 5) is 10.9. The van der Waals surface area contributed by atoms with Crippen molar-refractivity contribution in [2.75, 3.05) is 24.4 Å². The second-order valence-electron chi connectivity index (χ2n) is 4.65. The fourth-order valence-corrected chi connectivity index (χ4v) is 2.87. The van der Waals surface area contributed by atoms with Crippen molar-refractivity contribution in [1.82, 2.24) is 9.97 Å². The molecule has 0 radical (unpaired) electrons. The van der Waals surface area contributed by atoms with Gasteiger partial charge in [-0.2, -0.15) is 0 Å². The highest BCUT2D eigenvalue weighted by molar-refractivity contribution is 6.18. The summed E-state index contributed by atoms with van der Waals surface area (Å²) in [5, 5.41) is 0. The van der Waals surface area contributed by atoms with Crippen LogP contribution in [0.4, 0.5) is 5.82 Å². The first kappa shape index (κ1) is 13.4. The molecule has 0 amide bonds. The number of halogens is 1. The molecule has 0 atom stereocenters. The van der Waals surface area contributed by atoms with E-state index in [0.29, 0.717) is 17.8 Å². The zero-order valence-electron chi connectivity index (χ0n) is 11.0. The second-order valence-corrected chi connectivity index (χ2v) is 5.03. The summed E-state index contributed by atoms with van der Waals surface area (Å²) in [7, 11) is 1.64. The van der Waals surface area contributed by atoms with Gasteiger partial charge in [0.1, 0.15) is 12.1 Å². The summed E-state index contributed by atoms with van der Waals surface area (Å²) in [6.07, 6.45) is 6.61. The van der Waals surface area contributed by atoms with Crippen LogP contribution in [0.2, 0.25) is 0 Å². The molecule has 0 N–H and O–H groups in total. The Kier molecular flexibility index (Phi) is 4.64. The van der Waals surface area contributed by atoms with E-state index in [1.165, 1.54) is 25.7 Å². The number of nitrogens with zero attached hydrogens (tertiary/aromatic N) is 3. The number of hydrogen-bond acceptors (Lipinski definition) is 4. The monoisotopic (exact) mass is 269 g/mol. The Morgan fingerprint density at radius 3 is 2.72 bits per heavy atom. The second kappa shape index (κ2) is 6.23. The Labute approximate surface area is 113 Å². The molecule has 0 bridgehead atoms. The molecule has 1 aliphatic rings. The van der Waals surface area contributed by atoms with Gasteiger partial charge in [-0.05, 0) is 19.8 Å². The van der Waals surface area contributed by atoms with Crippen LogP contribution in [0, 0.1) is 6.92 Å². The predicted molar refractivity (Wildman–Crippen MR) is 73.6 cm³/mol. The molecule has 4 nitrogen and oxygen atoms in total. The Balaban J connectivity index is 2.29. The van der Waals surface area contributed by atoms with E-state index in [4.69, 9.17) is 16.3 Å². The molecule has 1 fully saturated rings. The lowest BCUT2D eigenvalue weighted by atomic mass is 10.2. The molecule has 1 saturated carbocycles. The maximum atomic E-state index is 5.93. The third-order valence-corrected chi connectivity index (χ3v) is 3.74. The van der Waals surface area contributed by atoms with Crippen LogP contribution in [-0.4, -0.2) is 35.5 Å². The number of aromatic nitrogens is 2. The SMILES string of the molecule is COc1ncnc(N(CCCl)C2CCCC2)c1C. The molecule has 0 aliphatic heterocycles. The maximum absolute atomic E-state index is 5.93. The van der Waals surface area contributed by atoms with Gasteiger partial charge in [0, 0.05) is 18.5 Å². The molecule has 0 aromatic carbocycles. The number of anilines is 1. The number of ether oxygens (including phenoxy) is 1. The standard InChI is InChI=1S/C13H20ClN3O/c1-10-12(15-9-16-13(10)18-2)17(8-7-14)11-5-3-4-6-11/h9,11H,3-8H2,1-2H3. The molecule has 5 heteroatoms. The molecule has 1 heterocycles. The average Bonchev–Trinajstić information content (AvgIpc) is 2.90. The van der Waals surface area contributed by atoms with Gasteiger partial charge < -0.3 is 9.64 Å². The van der Waals surface area contributed by atoms with Gasteiger partial charge in [0.05, 0.1) is 12.7 Å². The quantitative estimate of drug-likeness (QED) is 0.771. The van der Waals surface area contributed by atoms with Gasteiger partial charge in [-0.3, -0.25) is 0 Å². The average molecular weight is 270 g/mol. The topological polar surface area (TPSA) is 38.3 Å². The van der Waals surface area contributed by atoms with Crippen molar-refractivity contribution in [3.8, 4) is 5.88 Å². The van der Waals surface area contributed by atoms with Crippen molar-refractivity contribution in [3.63, 3.8) is 0 Å². The highest BCUT2D eigenvalue weighted by atomic mass is 35.5. The highest BCUT2D eigenvalue weighted by Gasteiger charge is 2.25. The normalized spacial score (nSPS) is 15.9. The molecular formula is C13H20ClN3O. The first-order chi connectivity index (χ1) is 8.77. The lowest BCUT2D eigenvalue weighted by Gasteiger charge is -2.30. The third-order valence-electron chi connectivity index (χ3n) is 3.57. The number of rotatable bonds is 5. The summed E-state index contributed by atoms with van der Waals surface area (Å²) >= 11 is 5.93. The number of hydrogen-bond donors (Lipinski definition) is 0. The first-order valence-corrected chi connectivity index (χ1v) is 6.99. The molecule has 1 aromatic rings. The van der Waals surface area contributed by atoms with Gasteiger partial charge in [0.25, 0.3) is 0 Å². The lowest BCUT2D eigenvalue weighted by molar-refractivity contribution is 0.393. The van der Waals surface area contributed by atoms with Crippen LogP contribution in [-0.2, 0) is 0 Å². The summed E-state index contributed by atoms with van der Waals surface area (Å²) < 4.78 is 5.27. The van der Waals surface area contributed by atoms with Crippen molar-refractivity contribution >= 4 is 17.4 Å². The zero-order chi connectivity index (χ0) is 13.0. The van der Waals surface area contributed by atoms with Gasteiger partial charge in [-0.15, -0.1) is 11.6 Å². The minimum atomic E-state index is 0.557. The Morgan fingerprint density at radius 2 is 2.11 bits per heavy atom. The largest absolute Gasteiger partial charge is 0.481 e.